The Kier molecular flexibility index (Phi) is 3.85. The molecule has 0 spiro atoms. The number of allylic oxidation sites excluding steroid dienone is 3. The van der Waals surface area contributed by atoms with Crippen LogP contribution in [0.3, 0.4) is 0 Å². The van der Waals surface area contributed by atoms with Gasteiger partial charge in [-0.3, -0.25) is 0 Å². The van der Waals surface area contributed by atoms with E-state index >= 15 is 0 Å². The Morgan fingerprint density at radius 3 is 1.79 bits per heavy atom. The third-order valence-corrected chi connectivity index (χ3v) is 5.75. The second kappa shape index (κ2) is 5.94. The minimum Gasteiger partial charge on any atom is -0.0792 e. The summed E-state index contributed by atoms with van der Waals surface area (Å²) in [6.07, 6.45) is 10.1. The highest BCUT2D eigenvalue weighted by atomic mass is 32.2. The van der Waals surface area contributed by atoms with Crippen LogP contribution in [0.25, 0.3) is 0 Å². The summed E-state index contributed by atoms with van der Waals surface area (Å²) in [5.41, 5.74) is 0. The van der Waals surface area contributed by atoms with Gasteiger partial charge in [-0.05, 0) is 30.3 Å². The number of hydrogen-bond acceptors (Lipinski definition) is 0. The maximum Gasteiger partial charge on any atom is 0.161 e. The lowest BCUT2D eigenvalue weighted by atomic mass is 10.2. The molecule has 0 fully saturated rings. The Morgan fingerprint density at radius 2 is 1.32 bits per heavy atom. The van der Waals surface area contributed by atoms with Gasteiger partial charge < -0.3 is 0 Å². The first-order chi connectivity index (χ1) is 9.45. The molecule has 0 saturated carbocycles. The van der Waals surface area contributed by atoms with E-state index in [1.165, 1.54) is 9.79 Å². The lowest BCUT2D eigenvalue weighted by Crippen LogP contribution is -2.20. The minimum absolute atomic E-state index is 0.124. The topological polar surface area (TPSA) is 0 Å². The van der Waals surface area contributed by atoms with Gasteiger partial charge in [0.15, 0.2) is 15.0 Å². The molecule has 1 unspecified atom stereocenters. The Morgan fingerprint density at radius 1 is 0.737 bits per heavy atom. The zero-order chi connectivity index (χ0) is 12.9. The zero-order valence-electron chi connectivity index (χ0n) is 10.8. The van der Waals surface area contributed by atoms with E-state index in [4.69, 9.17) is 0 Å². The monoisotopic (exact) mass is 265 g/mol. The van der Waals surface area contributed by atoms with Gasteiger partial charge in [0.25, 0.3) is 0 Å². The van der Waals surface area contributed by atoms with Crippen LogP contribution in [0.1, 0.15) is 6.42 Å². The molecule has 0 aliphatic heterocycles. The SMILES string of the molecule is C1=CCC([S+](c2ccccc2)c2ccccc2)C=C1. The van der Waals surface area contributed by atoms with Crippen molar-refractivity contribution in [3.8, 4) is 0 Å². The molecule has 0 aromatic heterocycles. The van der Waals surface area contributed by atoms with E-state index in [2.05, 4.69) is 85.0 Å². The van der Waals surface area contributed by atoms with E-state index in [1.54, 1.807) is 0 Å². The van der Waals surface area contributed by atoms with Crippen LogP contribution < -0.4 is 0 Å². The van der Waals surface area contributed by atoms with Crippen LogP contribution in [0.15, 0.2) is 94.8 Å². The molecule has 3 rings (SSSR count). The minimum atomic E-state index is 0.124. The largest absolute Gasteiger partial charge is 0.161 e. The summed E-state index contributed by atoms with van der Waals surface area (Å²) in [5, 5.41) is 0.579. The Balaban J connectivity index is 2.01. The number of benzene rings is 2. The zero-order valence-corrected chi connectivity index (χ0v) is 11.6. The van der Waals surface area contributed by atoms with Gasteiger partial charge in [-0.2, -0.15) is 0 Å². The molecule has 0 nitrogen and oxygen atoms in total. The maximum absolute atomic E-state index is 2.35. The molecule has 19 heavy (non-hydrogen) atoms. The standard InChI is InChI=1S/C18H17S/c1-4-10-16(11-5-1)19(17-12-6-2-7-13-17)18-14-8-3-9-15-18/h1-14,18H,15H2/q+1. The van der Waals surface area contributed by atoms with Crippen LogP contribution in [0, 0.1) is 0 Å². The molecular weight excluding hydrogens is 248 g/mol. The molecule has 0 bridgehead atoms. The van der Waals surface area contributed by atoms with Gasteiger partial charge in [0.05, 0.1) is 10.9 Å². The Labute approximate surface area is 117 Å². The van der Waals surface area contributed by atoms with E-state index in [0.29, 0.717) is 5.25 Å². The molecule has 1 heteroatoms. The Hall–Kier alpha value is -1.73. The van der Waals surface area contributed by atoms with Crippen LogP contribution in [0.4, 0.5) is 0 Å². The molecule has 0 heterocycles. The van der Waals surface area contributed by atoms with E-state index in [1.807, 2.05) is 0 Å². The molecule has 1 aliphatic carbocycles. The fraction of sp³-hybridized carbons (Fsp3) is 0.111. The quantitative estimate of drug-likeness (QED) is 0.711. The molecule has 1 aliphatic rings. The summed E-state index contributed by atoms with van der Waals surface area (Å²) in [6, 6.07) is 21.7. The highest BCUT2D eigenvalue weighted by Crippen LogP contribution is 2.31. The molecule has 2 aromatic rings. The predicted octanol–water partition coefficient (Wildman–Crippen LogP) is 4.61. The van der Waals surface area contributed by atoms with Crippen molar-refractivity contribution < 1.29 is 0 Å². The van der Waals surface area contributed by atoms with E-state index in [-0.39, 0.29) is 10.9 Å². The molecule has 94 valence electrons. The normalized spacial score (nSPS) is 17.8. The molecule has 0 N–H and O–H groups in total. The third kappa shape index (κ3) is 2.82. The first-order valence-corrected chi connectivity index (χ1v) is 7.90. The first kappa shape index (κ1) is 12.3. The average molecular weight is 265 g/mol. The van der Waals surface area contributed by atoms with Crippen molar-refractivity contribution >= 4 is 10.9 Å². The number of hydrogen-bond donors (Lipinski definition) is 0. The highest BCUT2D eigenvalue weighted by molar-refractivity contribution is 7.97. The lowest BCUT2D eigenvalue weighted by molar-refractivity contribution is 1.03. The van der Waals surface area contributed by atoms with Crippen molar-refractivity contribution in [2.24, 2.45) is 0 Å². The molecule has 2 aromatic carbocycles. The average Bonchev–Trinajstić information content (AvgIpc) is 2.51. The summed E-state index contributed by atoms with van der Waals surface area (Å²) >= 11 is 0. The van der Waals surface area contributed by atoms with Crippen molar-refractivity contribution in [1.29, 1.82) is 0 Å². The van der Waals surface area contributed by atoms with E-state index in [9.17, 15) is 0 Å². The van der Waals surface area contributed by atoms with E-state index < -0.39 is 0 Å². The van der Waals surface area contributed by atoms with Crippen molar-refractivity contribution in [3.63, 3.8) is 0 Å². The van der Waals surface area contributed by atoms with Crippen LogP contribution in [0.2, 0.25) is 0 Å². The van der Waals surface area contributed by atoms with Gasteiger partial charge in [-0.1, -0.05) is 54.6 Å². The van der Waals surface area contributed by atoms with Crippen molar-refractivity contribution in [2.45, 2.75) is 21.5 Å². The van der Waals surface area contributed by atoms with Gasteiger partial charge in [0.1, 0.15) is 0 Å². The second-order valence-electron chi connectivity index (χ2n) is 4.55. The van der Waals surface area contributed by atoms with Gasteiger partial charge in [0.2, 0.25) is 0 Å². The summed E-state index contributed by atoms with van der Waals surface area (Å²) in [5.74, 6) is 0. The van der Waals surface area contributed by atoms with Crippen LogP contribution >= 0.6 is 0 Å². The fourth-order valence-electron chi connectivity index (χ4n) is 2.35. The predicted molar refractivity (Wildman–Crippen MR) is 83.5 cm³/mol. The molecule has 0 saturated heterocycles. The molecule has 1 atom stereocenters. The van der Waals surface area contributed by atoms with Gasteiger partial charge in [-0.15, -0.1) is 0 Å². The van der Waals surface area contributed by atoms with Crippen LogP contribution in [-0.4, -0.2) is 5.25 Å². The molecular formula is C18H17S+. The molecule has 0 amide bonds. The van der Waals surface area contributed by atoms with Crippen LogP contribution in [0.5, 0.6) is 0 Å². The summed E-state index contributed by atoms with van der Waals surface area (Å²) < 4.78 is 0. The summed E-state index contributed by atoms with van der Waals surface area (Å²) in [7, 11) is 0.124. The van der Waals surface area contributed by atoms with E-state index in [0.717, 1.165) is 6.42 Å². The van der Waals surface area contributed by atoms with Crippen LogP contribution in [-0.2, 0) is 10.9 Å². The molecule has 0 radical (unpaired) electrons. The van der Waals surface area contributed by atoms with Gasteiger partial charge in [0, 0.05) is 6.42 Å². The second-order valence-corrected chi connectivity index (χ2v) is 6.77. The lowest BCUT2D eigenvalue weighted by Gasteiger charge is -2.16. The van der Waals surface area contributed by atoms with Crippen molar-refractivity contribution in [1.82, 2.24) is 0 Å². The van der Waals surface area contributed by atoms with Crippen molar-refractivity contribution in [2.75, 3.05) is 0 Å². The van der Waals surface area contributed by atoms with Gasteiger partial charge >= 0.3 is 0 Å². The summed E-state index contributed by atoms with van der Waals surface area (Å²) in [6.45, 7) is 0. The first-order valence-electron chi connectivity index (χ1n) is 6.62. The maximum atomic E-state index is 2.35. The number of rotatable bonds is 3. The Bertz CT molecular complexity index is 530. The summed E-state index contributed by atoms with van der Waals surface area (Å²) in [4.78, 5) is 2.86. The smallest absolute Gasteiger partial charge is 0.0792 e. The van der Waals surface area contributed by atoms with Crippen molar-refractivity contribution in [3.05, 3.63) is 85.0 Å². The highest BCUT2D eigenvalue weighted by Gasteiger charge is 2.33. The van der Waals surface area contributed by atoms with Gasteiger partial charge in [-0.25, -0.2) is 0 Å². The fourth-order valence-corrected chi connectivity index (χ4v) is 4.78. The third-order valence-electron chi connectivity index (χ3n) is 3.24.